The van der Waals surface area contributed by atoms with Crippen molar-refractivity contribution in [2.45, 2.75) is 77.3 Å². The van der Waals surface area contributed by atoms with Crippen molar-refractivity contribution in [2.24, 2.45) is 0 Å². The van der Waals surface area contributed by atoms with Crippen molar-refractivity contribution < 1.29 is 57.6 Å². The van der Waals surface area contributed by atoms with Gasteiger partial charge in [0.05, 0.1) is 0 Å². The van der Waals surface area contributed by atoms with Gasteiger partial charge in [-0.05, 0) is 25.7 Å². The van der Waals surface area contributed by atoms with Crippen molar-refractivity contribution in [1.29, 1.82) is 0 Å². The number of imide groups is 2. The first-order valence-corrected chi connectivity index (χ1v) is 14.5. The van der Waals surface area contributed by atoms with Gasteiger partial charge in [0, 0.05) is 63.1 Å². The molecule has 18 nitrogen and oxygen atoms in total. The molecule has 4 N–H and O–H groups in total. The van der Waals surface area contributed by atoms with Crippen LogP contribution in [0.4, 0.5) is 0 Å². The third kappa shape index (κ3) is 11.6. The van der Waals surface area contributed by atoms with E-state index in [-0.39, 0.29) is 51.6 Å². The predicted molar refractivity (Wildman–Crippen MR) is 152 cm³/mol. The van der Waals surface area contributed by atoms with Crippen molar-refractivity contribution in [2.75, 3.05) is 13.1 Å². The molecule has 0 unspecified atom stereocenters. The van der Waals surface area contributed by atoms with Crippen LogP contribution < -0.4 is 21.6 Å². The van der Waals surface area contributed by atoms with Gasteiger partial charge in [-0.2, -0.15) is 11.0 Å². The van der Waals surface area contributed by atoms with Crippen molar-refractivity contribution in [3.05, 3.63) is 24.3 Å². The maximum Gasteiger partial charge on any atom is 0.332 e. The fourth-order valence-corrected chi connectivity index (χ4v) is 4.04. The molecule has 2 aliphatic rings. The fourth-order valence-electron chi connectivity index (χ4n) is 4.04. The van der Waals surface area contributed by atoms with Crippen LogP contribution in [-0.4, -0.2) is 94.2 Å². The van der Waals surface area contributed by atoms with E-state index >= 15 is 0 Å². The second kappa shape index (κ2) is 18.4. The Morgan fingerprint density at radius 2 is 0.913 bits per heavy atom. The van der Waals surface area contributed by atoms with Gasteiger partial charge in [0.25, 0.3) is 35.4 Å². The molecule has 2 heterocycles. The highest BCUT2D eigenvalue weighted by Crippen LogP contribution is 2.08. The molecule has 46 heavy (non-hydrogen) atoms. The van der Waals surface area contributed by atoms with Crippen LogP contribution in [0.25, 0.3) is 0 Å². The minimum atomic E-state index is -1.95. The second-order valence-electron chi connectivity index (χ2n) is 10.0. The fraction of sp³-hybridized carbons (Fsp3) is 0.500. The zero-order chi connectivity index (χ0) is 34.2. The Morgan fingerprint density at radius 1 is 0.587 bits per heavy atom. The third-order valence-corrected chi connectivity index (χ3v) is 6.34. The van der Waals surface area contributed by atoms with Gasteiger partial charge < -0.3 is 20.3 Å². The van der Waals surface area contributed by atoms with Gasteiger partial charge in [0.2, 0.25) is 11.8 Å². The molecule has 8 amide bonds. The normalized spacial score (nSPS) is 15.0. The summed E-state index contributed by atoms with van der Waals surface area (Å²) in [5, 5.41) is 4.53. The van der Waals surface area contributed by atoms with Crippen molar-refractivity contribution in [3.63, 3.8) is 0 Å². The molecule has 2 aliphatic heterocycles. The molecule has 0 saturated carbocycles. The summed E-state index contributed by atoms with van der Waals surface area (Å²) in [4.78, 5) is 134. The quantitative estimate of drug-likeness (QED) is 0.1000. The Labute approximate surface area is 263 Å². The number of nitrogens with zero attached hydrogens (tertiary/aromatic N) is 2. The zero-order valence-corrected chi connectivity index (χ0v) is 25.3. The van der Waals surface area contributed by atoms with Gasteiger partial charge in [0.15, 0.2) is 0 Å². The molecule has 0 aromatic carbocycles. The number of carbonyl (C=O) groups excluding carboxylic acids is 10. The molecule has 250 valence electrons. The summed E-state index contributed by atoms with van der Waals surface area (Å²) in [6.45, 7) is 3.09. The smallest absolute Gasteiger partial charge is 0.332 e. The Morgan fingerprint density at radius 3 is 1.22 bits per heavy atom. The van der Waals surface area contributed by atoms with Crippen molar-refractivity contribution >= 4 is 59.2 Å². The van der Waals surface area contributed by atoms with Crippen LogP contribution in [0.5, 0.6) is 0 Å². The lowest BCUT2D eigenvalue weighted by molar-refractivity contribution is -0.162. The Balaban J connectivity index is 2.20. The van der Waals surface area contributed by atoms with Gasteiger partial charge in [-0.1, -0.05) is 13.8 Å². The number of nitrogens with one attached hydrogen (secondary N) is 4. The van der Waals surface area contributed by atoms with Crippen LogP contribution in [0.15, 0.2) is 24.3 Å². The van der Waals surface area contributed by atoms with Crippen LogP contribution in [-0.2, 0) is 57.6 Å². The average Bonchev–Trinajstić information content (AvgIpc) is 3.51. The summed E-state index contributed by atoms with van der Waals surface area (Å²) < 4.78 is 0. The number of hydrogen-bond donors (Lipinski definition) is 4. The lowest BCUT2D eigenvalue weighted by Gasteiger charge is -2.27. The van der Waals surface area contributed by atoms with Gasteiger partial charge in [0.1, 0.15) is 12.1 Å². The number of hydroxylamine groups is 2. The Hall–Kier alpha value is -5.42. The van der Waals surface area contributed by atoms with E-state index in [0.29, 0.717) is 12.8 Å². The molecular formula is C28H36N6O12. The highest BCUT2D eigenvalue weighted by molar-refractivity contribution is 6.13. The molecule has 2 atom stereocenters. The molecule has 0 spiro atoms. The molecule has 0 saturated heterocycles. The maximum atomic E-state index is 13.1. The monoisotopic (exact) mass is 648 g/mol. The van der Waals surface area contributed by atoms with Crippen LogP contribution >= 0.6 is 0 Å². The van der Waals surface area contributed by atoms with Crippen LogP contribution in [0.1, 0.15) is 65.2 Å². The maximum absolute atomic E-state index is 13.1. The first-order chi connectivity index (χ1) is 21.9. The van der Waals surface area contributed by atoms with Gasteiger partial charge in [-0.25, -0.2) is 9.59 Å². The molecule has 0 aromatic rings. The number of amides is 8. The van der Waals surface area contributed by atoms with E-state index in [4.69, 9.17) is 9.68 Å². The molecule has 0 bridgehead atoms. The summed E-state index contributed by atoms with van der Waals surface area (Å²) in [5.74, 6) is -8.15. The molecule has 0 aromatic heterocycles. The molecule has 0 radical (unpaired) electrons. The highest BCUT2D eigenvalue weighted by atomic mass is 16.7. The van der Waals surface area contributed by atoms with E-state index in [1.165, 1.54) is 0 Å². The minimum Gasteiger partial charge on any atom is -0.342 e. The Bertz CT molecular complexity index is 1180. The number of hydrogen-bond acceptors (Lipinski definition) is 12. The summed E-state index contributed by atoms with van der Waals surface area (Å²) in [7, 11) is 0. The van der Waals surface area contributed by atoms with Crippen molar-refractivity contribution in [1.82, 2.24) is 31.4 Å². The first kappa shape index (κ1) is 36.8. The van der Waals surface area contributed by atoms with Crippen LogP contribution in [0, 0.1) is 0 Å². The third-order valence-electron chi connectivity index (χ3n) is 6.34. The summed E-state index contributed by atoms with van der Waals surface area (Å²) in [6, 6.07) is -3.89. The molecule has 0 aliphatic carbocycles. The highest BCUT2D eigenvalue weighted by Gasteiger charge is 2.38. The van der Waals surface area contributed by atoms with Crippen LogP contribution in [0.2, 0.25) is 0 Å². The van der Waals surface area contributed by atoms with E-state index < -0.39 is 71.3 Å². The average molecular weight is 649 g/mol. The largest absolute Gasteiger partial charge is 0.342 e. The van der Waals surface area contributed by atoms with E-state index in [1.54, 1.807) is 13.8 Å². The summed E-state index contributed by atoms with van der Waals surface area (Å²) in [5.41, 5.74) is 3.66. The summed E-state index contributed by atoms with van der Waals surface area (Å²) >= 11 is 0. The van der Waals surface area contributed by atoms with Crippen molar-refractivity contribution in [3.8, 4) is 0 Å². The second-order valence-corrected chi connectivity index (χ2v) is 10.0. The topological polar surface area (TPSA) is 244 Å². The predicted octanol–water partition coefficient (Wildman–Crippen LogP) is -1.88. The van der Waals surface area contributed by atoms with Gasteiger partial charge in [-0.3, -0.25) is 48.2 Å². The van der Waals surface area contributed by atoms with Gasteiger partial charge >= 0.3 is 11.9 Å². The number of carbonyl (C=O) groups is 10. The summed E-state index contributed by atoms with van der Waals surface area (Å²) in [6.07, 6.45) is 4.10. The lowest BCUT2D eigenvalue weighted by atomic mass is 10.1. The first-order valence-electron chi connectivity index (χ1n) is 14.5. The van der Waals surface area contributed by atoms with E-state index in [0.717, 1.165) is 34.1 Å². The zero-order valence-electron chi connectivity index (χ0n) is 25.3. The standard InChI is InChI=1S/C28H36N6O12/c1-3-7-23(41)45-31-27(43)25(29-17(35)9-5-15-33-19(37)11-12-20(33)38)26(28(44)32-46-24(42)8-4-2)30-18(36)10-6-16-34-21(39)13-14-22(34)40/h11-14,25-26H,3-10,15-16H2,1-2H3,(H,29,35)(H,30,36)(H,31,43)(H,32,44)/t25-,26-/m0/s1. The lowest BCUT2D eigenvalue weighted by Crippen LogP contribution is -2.63. The van der Waals surface area contributed by atoms with E-state index in [1.807, 2.05) is 11.0 Å². The molecular weight excluding hydrogens is 612 g/mol. The van der Waals surface area contributed by atoms with Gasteiger partial charge in [-0.15, -0.1) is 0 Å². The minimum absolute atomic E-state index is 0.0362. The molecule has 18 heteroatoms. The molecule has 0 fully saturated rings. The van der Waals surface area contributed by atoms with Crippen LogP contribution in [0.3, 0.4) is 0 Å². The Kier molecular flexibility index (Phi) is 14.7. The molecule has 2 rings (SSSR count). The van der Waals surface area contributed by atoms with E-state index in [2.05, 4.69) is 10.6 Å². The SMILES string of the molecule is CCCC(=O)ONC(=O)[C@@H](NC(=O)CCCN1C(=O)C=CC1=O)[C@H](NC(=O)CCCN1C(=O)C=CC1=O)C(=O)NOC(=O)CCC. The number of rotatable bonds is 17. The van der Waals surface area contributed by atoms with E-state index in [9.17, 15) is 47.9 Å².